The van der Waals surface area contributed by atoms with Crippen molar-refractivity contribution in [3.8, 4) is 0 Å². The first-order valence-electron chi connectivity index (χ1n) is 3.36. The fourth-order valence-corrected chi connectivity index (χ4v) is 1.02. The minimum Gasteiger partial charge on any atom is -0.267 e. The first-order valence-corrected chi connectivity index (χ1v) is 4.15. The molecule has 0 aliphatic carbocycles. The van der Waals surface area contributed by atoms with Crippen molar-refractivity contribution in [3.05, 3.63) is 26.6 Å². The molecule has 0 aliphatic heterocycles. The molecular formula is C7H9BrN2O. The summed E-state index contributed by atoms with van der Waals surface area (Å²) in [6.07, 6.45) is 0. The molecule has 1 heterocycles. The second-order valence-electron chi connectivity index (χ2n) is 2.62. The van der Waals surface area contributed by atoms with Crippen LogP contribution >= 0.6 is 15.9 Å². The lowest BCUT2D eigenvalue weighted by atomic mass is 10.1. The van der Waals surface area contributed by atoms with Crippen LogP contribution in [0.15, 0.2) is 15.3 Å². The van der Waals surface area contributed by atoms with Crippen molar-refractivity contribution in [1.82, 2.24) is 10.2 Å². The molecule has 1 rings (SSSR count). The average Bonchev–Trinajstić information content (AvgIpc) is 1.94. The molecule has 0 amide bonds. The van der Waals surface area contributed by atoms with Crippen LogP contribution in [0.5, 0.6) is 0 Å². The van der Waals surface area contributed by atoms with Gasteiger partial charge in [0.25, 0.3) is 5.56 Å². The molecule has 0 aromatic carbocycles. The number of hydrogen-bond donors (Lipinski definition) is 1. The maximum Gasteiger partial charge on any atom is 0.278 e. The number of hydrogen-bond acceptors (Lipinski definition) is 2. The van der Waals surface area contributed by atoms with Crippen LogP contribution in [0.25, 0.3) is 0 Å². The predicted molar refractivity (Wildman–Crippen MR) is 46.6 cm³/mol. The molecule has 0 unspecified atom stereocenters. The van der Waals surface area contributed by atoms with E-state index in [1.54, 1.807) is 6.07 Å². The molecule has 0 aliphatic rings. The molecule has 0 radical (unpaired) electrons. The Balaban J connectivity index is 3.15. The van der Waals surface area contributed by atoms with E-state index in [1.807, 2.05) is 13.8 Å². The van der Waals surface area contributed by atoms with Gasteiger partial charge in [0.15, 0.2) is 0 Å². The number of nitrogens with one attached hydrogen (secondary N) is 1. The van der Waals surface area contributed by atoms with E-state index in [0.29, 0.717) is 10.4 Å². The number of H-pyrrole nitrogens is 1. The summed E-state index contributed by atoms with van der Waals surface area (Å²) >= 11 is 3.13. The monoisotopic (exact) mass is 216 g/mol. The van der Waals surface area contributed by atoms with E-state index >= 15 is 0 Å². The Bertz CT molecular complexity index is 306. The Morgan fingerprint density at radius 1 is 1.64 bits per heavy atom. The molecular weight excluding hydrogens is 208 g/mol. The molecule has 0 fully saturated rings. The van der Waals surface area contributed by atoms with Crippen LogP contribution < -0.4 is 5.56 Å². The zero-order chi connectivity index (χ0) is 8.43. The van der Waals surface area contributed by atoms with Gasteiger partial charge in [-0.2, -0.15) is 5.10 Å². The first-order chi connectivity index (χ1) is 5.11. The zero-order valence-electron chi connectivity index (χ0n) is 6.39. The number of aromatic amines is 1. The van der Waals surface area contributed by atoms with E-state index in [4.69, 9.17) is 0 Å². The zero-order valence-corrected chi connectivity index (χ0v) is 7.97. The van der Waals surface area contributed by atoms with Crippen LogP contribution in [-0.2, 0) is 0 Å². The molecule has 60 valence electrons. The van der Waals surface area contributed by atoms with E-state index in [0.717, 1.165) is 5.69 Å². The molecule has 3 nitrogen and oxygen atoms in total. The third-order valence-corrected chi connectivity index (χ3v) is 1.96. The van der Waals surface area contributed by atoms with Gasteiger partial charge in [-0.25, -0.2) is 5.10 Å². The summed E-state index contributed by atoms with van der Waals surface area (Å²) < 4.78 is 0.538. The normalized spacial score (nSPS) is 10.5. The van der Waals surface area contributed by atoms with Gasteiger partial charge in [0.1, 0.15) is 0 Å². The van der Waals surface area contributed by atoms with Gasteiger partial charge in [-0.05, 0) is 27.9 Å². The highest BCUT2D eigenvalue weighted by Gasteiger charge is 2.02. The summed E-state index contributed by atoms with van der Waals surface area (Å²) in [5, 5.41) is 6.27. The van der Waals surface area contributed by atoms with Gasteiger partial charge in [-0.3, -0.25) is 4.79 Å². The number of nitrogens with zero attached hydrogens (tertiary/aromatic N) is 1. The van der Waals surface area contributed by atoms with Crippen molar-refractivity contribution in [2.24, 2.45) is 0 Å². The number of aromatic nitrogens is 2. The Hall–Kier alpha value is -0.640. The summed E-state index contributed by atoms with van der Waals surface area (Å²) in [7, 11) is 0. The van der Waals surface area contributed by atoms with Gasteiger partial charge < -0.3 is 0 Å². The molecule has 1 N–H and O–H groups in total. The van der Waals surface area contributed by atoms with Crippen molar-refractivity contribution in [2.45, 2.75) is 19.8 Å². The molecule has 4 heteroatoms. The van der Waals surface area contributed by atoms with Crippen LogP contribution in [-0.4, -0.2) is 10.2 Å². The summed E-state index contributed by atoms with van der Waals surface area (Å²) in [5.41, 5.74) is 0.700. The van der Waals surface area contributed by atoms with Crippen LogP contribution in [0.3, 0.4) is 0 Å². The van der Waals surface area contributed by atoms with E-state index in [-0.39, 0.29) is 5.56 Å². The maximum atomic E-state index is 10.8. The van der Waals surface area contributed by atoms with Crippen molar-refractivity contribution in [2.75, 3.05) is 0 Å². The summed E-state index contributed by atoms with van der Waals surface area (Å²) in [4.78, 5) is 10.8. The molecule has 0 bridgehead atoms. The highest BCUT2D eigenvalue weighted by Crippen LogP contribution is 2.11. The summed E-state index contributed by atoms with van der Waals surface area (Å²) in [5.74, 6) is 0.336. The fraction of sp³-hybridized carbons (Fsp3) is 0.429. The lowest BCUT2D eigenvalue weighted by Crippen LogP contribution is -2.10. The van der Waals surface area contributed by atoms with Crippen LogP contribution in [0.1, 0.15) is 25.5 Å². The van der Waals surface area contributed by atoms with Crippen molar-refractivity contribution in [3.63, 3.8) is 0 Å². The van der Waals surface area contributed by atoms with Crippen LogP contribution in [0, 0.1) is 0 Å². The third kappa shape index (κ3) is 1.89. The molecule has 0 spiro atoms. The maximum absolute atomic E-state index is 10.8. The predicted octanol–water partition coefficient (Wildman–Crippen LogP) is 1.66. The van der Waals surface area contributed by atoms with Crippen molar-refractivity contribution < 1.29 is 0 Å². The summed E-state index contributed by atoms with van der Waals surface area (Å²) in [6, 6.07) is 1.74. The smallest absolute Gasteiger partial charge is 0.267 e. The fourth-order valence-electron chi connectivity index (χ4n) is 0.692. The van der Waals surface area contributed by atoms with Gasteiger partial charge in [0.05, 0.1) is 10.2 Å². The quantitative estimate of drug-likeness (QED) is 0.777. The lowest BCUT2D eigenvalue weighted by molar-refractivity contribution is 0.774. The third-order valence-electron chi connectivity index (χ3n) is 1.37. The molecule has 1 aromatic rings. The Kier molecular flexibility index (Phi) is 2.44. The Labute approximate surface area is 73.0 Å². The largest absolute Gasteiger partial charge is 0.278 e. The van der Waals surface area contributed by atoms with Gasteiger partial charge in [0.2, 0.25) is 0 Å². The van der Waals surface area contributed by atoms with Gasteiger partial charge in [0, 0.05) is 0 Å². The number of halogens is 1. The molecule has 0 saturated carbocycles. The average molecular weight is 217 g/mol. The molecule has 0 atom stereocenters. The Morgan fingerprint density at radius 3 is 2.73 bits per heavy atom. The SMILES string of the molecule is CC(C)c1cc(Br)c(=O)[nH]n1. The first kappa shape index (κ1) is 8.46. The van der Waals surface area contributed by atoms with E-state index in [1.165, 1.54) is 0 Å². The van der Waals surface area contributed by atoms with Gasteiger partial charge >= 0.3 is 0 Å². The van der Waals surface area contributed by atoms with Crippen molar-refractivity contribution >= 4 is 15.9 Å². The highest BCUT2D eigenvalue weighted by atomic mass is 79.9. The summed E-state index contributed by atoms with van der Waals surface area (Å²) in [6.45, 7) is 4.04. The molecule has 11 heavy (non-hydrogen) atoms. The van der Waals surface area contributed by atoms with E-state index in [9.17, 15) is 4.79 Å². The van der Waals surface area contributed by atoms with E-state index < -0.39 is 0 Å². The lowest BCUT2D eigenvalue weighted by Gasteiger charge is -2.01. The number of rotatable bonds is 1. The second kappa shape index (κ2) is 3.17. The van der Waals surface area contributed by atoms with Crippen LogP contribution in [0.4, 0.5) is 0 Å². The van der Waals surface area contributed by atoms with Crippen molar-refractivity contribution in [1.29, 1.82) is 0 Å². The van der Waals surface area contributed by atoms with Gasteiger partial charge in [-0.15, -0.1) is 0 Å². The Morgan fingerprint density at radius 2 is 2.27 bits per heavy atom. The minimum atomic E-state index is -0.186. The highest BCUT2D eigenvalue weighted by molar-refractivity contribution is 9.10. The van der Waals surface area contributed by atoms with Gasteiger partial charge in [-0.1, -0.05) is 13.8 Å². The molecule has 0 saturated heterocycles. The standard InChI is InChI=1S/C7H9BrN2O/c1-4(2)6-3-5(8)7(11)10-9-6/h3-4H,1-2H3,(H,10,11). The topological polar surface area (TPSA) is 45.8 Å². The molecule has 1 aromatic heterocycles. The van der Waals surface area contributed by atoms with Crippen LogP contribution in [0.2, 0.25) is 0 Å². The van der Waals surface area contributed by atoms with E-state index in [2.05, 4.69) is 26.1 Å². The second-order valence-corrected chi connectivity index (χ2v) is 3.48. The minimum absolute atomic E-state index is 0.186.